The Hall–Kier alpha value is -2.70. The monoisotopic (exact) mass is 279 g/mol. The Morgan fingerprint density at radius 1 is 1.35 bits per heavy atom. The Balaban J connectivity index is 2.42. The lowest BCUT2D eigenvalue weighted by atomic mass is 10.1. The number of aliphatic carboxylic acids is 1. The Kier molecular flexibility index (Phi) is 3.51. The second-order valence-electron chi connectivity index (χ2n) is 4.16. The highest BCUT2D eigenvalue weighted by Gasteiger charge is 2.19. The number of carbonyl (C=O) groups is 2. The molecule has 2 N–H and O–H groups in total. The van der Waals surface area contributed by atoms with Crippen LogP contribution in [0.25, 0.3) is 11.0 Å². The number of hydrogen-bond acceptors (Lipinski definition) is 4. The van der Waals surface area contributed by atoms with Crippen molar-refractivity contribution in [3.05, 3.63) is 46.1 Å². The SMILES string of the molecule is CC(NC(=O)c1cc2ccc(F)cc2oc1=O)C(=O)O. The molecule has 0 spiro atoms. The van der Waals surface area contributed by atoms with Crippen LogP contribution in [0, 0.1) is 5.82 Å². The number of carboxylic acid groups (broad SMARTS) is 1. The van der Waals surface area contributed by atoms with Crippen molar-refractivity contribution < 1.29 is 23.5 Å². The van der Waals surface area contributed by atoms with Crippen molar-refractivity contribution in [3.8, 4) is 0 Å². The molecule has 1 unspecified atom stereocenters. The van der Waals surface area contributed by atoms with Gasteiger partial charge in [-0.15, -0.1) is 0 Å². The highest BCUT2D eigenvalue weighted by Crippen LogP contribution is 2.14. The average Bonchev–Trinajstić information content (AvgIpc) is 2.37. The third-order valence-electron chi connectivity index (χ3n) is 2.66. The van der Waals surface area contributed by atoms with Gasteiger partial charge >= 0.3 is 11.6 Å². The van der Waals surface area contributed by atoms with Crippen LogP contribution in [0.5, 0.6) is 0 Å². The molecule has 6 nitrogen and oxygen atoms in total. The van der Waals surface area contributed by atoms with Crippen molar-refractivity contribution in [1.29, 1.82) is 0 Å². The molecule has 1 heterocycles. The molecular formula is C13H10FNO5. The van der Waals surface area contributed by atoms with Gasteiger partial charge in [0.15, 0.2) is 0 Å². The van der Waals surface area contributed by atoms with Crippen LogP contribution >= 0.6 is 0 Å². The fraction of sp³-hybridized carbons (Fsp3) is 0.154. The number of rotatable bonds is 3. The summed E-state index contributed by atoms with van der Waals surface area (Å²) in [5.41, 5.74) is -1.28. The first-order valence-electron chi connectivity index (χ1n) is 5.65. The molecule has 0 aliphatic rings. The third-order valence-corrected chi connectivity index (χ3v) is 2.66. The molecule has 1 aromatic carbocycles. The van der Waals surface area contributed by atoms with Crippen LogP contribution in [-0.4, -0.2) is 23.0 Å². The van der Waals surface area contributed by atoms with E-state index in [0.29, 0.717) is 5.39 Å². The van der Waals surface area contributed by atoms with E-state index in [4.69, 9.17) is 9.52 Å². The van der Waals surface area contributed by atoms with Crippen LogP contribution in [0.2, 0.25) is 0 Å². The largest absolute Gasteiger partial charge is 0.480 e. The summed E-state index contributed by atoms with van der Waals surface area (Å²) in [5, 5.41) is 11.2. The van der Waals surface area contributed by atoms with E-state index in [0.717, 1.165) is 12.1 Å². The topological polar surface area (TPSA) is 96.6 Å². The van der Waals surface area contributed by atoms with Crippen LogP contribution in [0.15, 0.2) is 33.5 Å². The van der Waals surface area contributed by atoms with Gasteiger partial charge in [0.1, 0.15) is 23.0 Å². The summed E-state index contributed by atoms with van der Waals surface area (Å²) in [5.74, 6) is -2.66. The standard InChI is InChI=1S/C13H10FNO5/c1-6(12(17)18)15-11(16)9-4-7-2-3-8(14)5-10(7)20-13(9)19/h2-6H,1H3,(H,15,16)(H,17,18). The highest BCUT2D eigenvalue weighted by molar-refractivity contribution is 5.98. The lowest BCUT2D eigenvalue weighted by molar-refractivity contribution is -0.138. The molecule has 0 saturated heterocycles. The zero-order valence-electron chi connectivity index (χ0n) is 10.3. The third kappa shape index (κ3) is 2.66. The van der Waals surface area contributed by atoms with Gasteiger partial charge in [0.05, 0.1) is 0 Å². The van der Waals surface area contributed by atoms with Crippen molar-refractivity contribution in [1.82, 2.24) is 5.32 Å². The van der Waals surface area contributed by atoms with E-state index in [1.165, 1.54) is 19.1 Å². The summed E-state index contributed by atoms with van der Waals surface area (Å²) in [7, 11) is 0. The molecule has 0 aliphatic carbocycles. The van der Waals surface area contributed by atoms with Crippen molar-refractivity contribution in [3.63, 3.8) is 0 Å². The summed E-state index contributed by atoms with van der Waals surface area (Å²) in [4.78, 5) is 34.1. The van der Waals surface area contributed by atoms with E-state index in [1.54, 1.807) is 0 Å². The van der Waals surface area contributed by atoms with E-state index >= 15 is 0 Å². The first-order valence-corrected chi connectivity index (χ1v) is 5.65. The molecule has 7 heteroatoms. The van der Waals surface area contributed by atoms with Gasteiger partial charge in [-0.3, -0.25) is 9.59 Å². The normalized spacial score (nSPS) is 12.1. The maximum atomic E-state index is 13.0. The molecule has 2 rings (SSSR count). The Bertz CT molecular complexity index is 752. The fourth-order valence-corrected chi connectivity index (χ4v) is 1.58. The fourth-order valence-electron chi connectivity index (χ4n) is 1.58. The quantitative estimate of drug-likeness (QED) is 0.821. The van der Waals surface area contributed by atoms with Gasteiger partial charge < -0.3 is 14.8 Å². The zero-order valence-corrected chi connectivity index (χ0v) is 10.3. The second-order valence-corrected chi connectivity index (χ2v) is 4.16. The minimum atomic E-state index is -1.23. The molecule has 2 aromatic rings. The molecular weight excluding hydrogens is 269 g/mol. The molecule has 0 bridgehead atoms. The van der Waals surface area contributed by atoms with Gasteiger partial charge in [-0.1, -0.05) is 0 Å². The van der Waals surface area contributed by atoms with Crippen LogP contribution in [0.3, 0.4) is 0 Å². The zero-order chi connectivity index (χ0) is 14.9. The van der Waals surface area contributed by atoms with Crippen LogP contribution in [-0.2, 0) is 4.79 Å². The lowest BCUT2D eigenvalue weighted by Gasteiger charge is -2.08. The first-order chi connectivity index (χ1) is 9.38. The maximum absolute atomic E-state index is 13.0. The number of amides is 1. The van der Waals surface area contributed by atoms with E-state index < -0.39 is 29.4 Å². The molecule has 104 valence electrons. The van der Waals surface area contributed by atoms with Gasteiger partial charge in [-0.05, 0) is 25.1 Å². The van der Waals surface area contributed by atoms with Gasteiger partial charge in [0.2, 0.25) is 0 Å². The molecule has 20 heavy (non-hydrogen) atoms. The Morgan fingerprint density at radius 2 is 2.05 bits per heavy atom. The number of halogens is 1. The molecule has 0 radical (unpaired) electrons. The van der Waals surface area contributed by atoms with Crippen LogP contribution in [0.4, 0.5) is 4.39 Å². The van der Waals surface area contributed by atoms with Crippen molar-refractivity contribution >= 4 is 22.8 Å². The molecule has 1 aromatic heterocycles. The van der Waals surface area contributed by atoms with Crippen molar-refractivity contribution in [2.75, 3.05) is 0 Å². The molecule has 1 atom stereocenters. The molecule has 0 saturated carbocycles. The van der Waals surface area contributed by atoms with Gasteiger partial charge in [0, 0.05) is 11.5 Å². The summed E-state index contributed by atoms with van der Waals surface area (Å²) >= 11 is 0. The lowest BCUT2D eigenvalue weighted by Crippen LogP contribution is -2.40. The number of carboxylic acids is 1. The smallest absolute Gasteiger partial charge is 0.349 e. The minimum absolute atomic E-state index is 0.0119. The first kappa shape index (κ1) is 13.7. The number of carbonyl (C=O) groups excluding carboxylic acids is 1. The van der Waals surface area contributed by atoms with Gasteiger partial charge in [0.25, 0.3) is 5.91 Å². The van der Waals surface area contributed by atoms with Gasteiger partial charge in [-0.25, -0.2) is 9.18 Å². The predicted octanol–water partition coefficient (Wildman–Crippen LogP) is 1.14. The maximum Gasteiger partial charge on any atom is 0.349 e. The number of benzene rings is 1. The van der Waals surface area contributed by atoms with Crippen LogP contribution < -0.4 is 10.9 Å². The summed E-state index contributed by atoms with van der Waals surface area (Å²) < 4.78 is 17.8. The molecule has 0 aliphatic heterocycles. The average molecular weight is 279 g/mol. The number of hydrogen-bond donors (Lipinski definition) is 2. The molecule has 1 amide bonds. The second kappa shape index (κ2) is 5.12. The minimum Gasteiger partial charge on any atom is -0.480 e. The Morgan fingerprint density at radius 3 is 2.70 bits per heavy atom. The van der Waals surface area contributed by atoms with E-state index in [9.17, 15) is 18.8 Å². The Labute approximate surface area is 111 Å². The summed E-state index contributed by atoms with van der Waals surface area (Å²) in [6.45, 7) is 1.26. The van der Waals surface area contributed by atoms with Crippen molar-refractivity contribution in [2.24, 2.45) is 0 Å². The summed E-state index contributed by atoms with van der Waals surface area (Å²) in [6, 6.07) is 3.61. The summed E-state index contributed by atoms with van der Waals surface area (Å²) in [6.07, 6.45) is 0. The van der Waals surface area contributed by atoms with Crippen LogP contribution in [0.1, 0.15) is 17.3 Å². The van der Waals surface area contributed by atoms with Crippen molar-refractivity contribution in [2.45, 2.75) is 13.0 Å². The number of nitrogens with one attached hydrogen (secondary N) is 1. The number of fused-ring (bicyclic) bond motifs is 1. The van der Waals surface area contributed by atoms with E-state index in [2.05, 4.69) is 5.32 Å². The highest BCUT2D eigenvalue weighted by atomic mass is 19.1. The van der Waals surface area contributed by atoms with E-state index in [-0.39, 0.29) is 11.1 Å². The van der Waals surface area contributed by atoms with Gasteiger partial charge in [-0.2, -0.15) is 0 Å². The van der Waals surface area contributed by atoms with E-state index in [1.807, 2.05) is 0 Å². The molecule has 0 fully saturated rings. The predicted molar refractivity (Wildman–Crippen MR) is 67.0 cm³/mol.